The number of hydrazone groups is 1. The lowest BCUT2D eigenvalue weighted by Gasteiger charge is -2.10. The normalized spacial score (nSPS) is 11.4. The van der Waals surface area contributed by atoms with Crippen LogP contribution < -0.4 is 5.43 Å². The molecule has 2 aromatic heterocycles. The van der Waals surface area contributed by atoms with Gasteiger partial charge in [0.2, 0.25) is 0 Å². The molecule has 0 saturated heterocycles. The van der Waals surface area contributed by atoms with Crippen molar-refractivity contribution in [3.05, 3.63) is 90.3 Å². The molecule has 7 nitrogen and oxygen atoms in total. The summed E-state index contributed by atoms with van der Waals surface area (Å²) in [5.41, 5.74) is 7.28. The Morgan fingerprint density at radius 2 is 1.72 bits per heavy atom. The Morgan fingerprint density at radius 3 is 2.44 bits per heavy atom. The largest absolute Gasteiger partial charge is 0.272 e. The maximum Gasteiger partial charge on any atom is 0.250 e. The van der Waals surface area contributed by atoms with Crippen molar-refractivity contribution in [3.8, 4) is 17.1 Å². The van der Waals surface area contributed by atoms with Crippen LogP contribution in [0.3, 0.4) is 0 Å². The van der Waals surface area contributed by atoms with Gasteiger partial charge in [-0.2, -0.15) is 5.10 Å². The summed E-state index contributed by atoms with van der Waals surface area (Å²) in [5.74, 6) is 0.667. The molecule has 0 aliphatic heterocycles. The number of aromatic nitrogens is 4. The zero-order valence-corrected chi connectivity index (χ0v) is 18.6. The Hall–Kier alpha value is -3.78. The van der Waals surface area contributed by atoms with Gasteiger partial charge in [0, 0.05) is 29.2 Å². The molecule has 1 N–H and O–H groups in total. The maximum atomic E-state index is 12.4. The molecule has 160 valence electrons. The number of amides is 1. The van der Waals surface area contributed by atoms with Crippen LogP contribution in [0.25, 0.3) is 17.1 Å². The number of hydrogen-bond donors (Lipinski definition) is 1. The minimum Gasteiger partial charge on any atom is -0.272 e. The lowest BCUT2D eigenvalue weighted by molar-refractivity contribution is -0.118. The number of rotatable bonds is 7. The summed E-state index contributed by atoms with van der Waals surface area (Å²) >= 11 is 1.31. The number of nitrogens with zero attached hydrogens (tertiary/aromatic N) is 5. The first kappa shape index (κ1) is 21.5. The summed E-state index contributed by atoms with van der Waals surface area (Å²) in [6.45, 7) is 3.88. The molecule has 0 spiro atoms. The second-order valence-electron chi connectivity index (χ2n) is 7.10. The van der Waals surface area contributed by atoms with Gasteiger partial charge in [-0.15, -0.1) is 10.2 Å². The quantitative estimate of drug-likeness (QED) is 0.262. The summed E-state index contributed by atoms with van der Waals surface area (Å²) in [6, 6.07) is 21.7. The average Bonchev–Trinajstić information content (AvgIpc) is 3.26. The number of carbonyl (C=O) groups excluding carboxylic acids is 1. The molecule has 0 bridgehead atoms. The first-order valence-electron chi connectivity index (χ1n) is 10.1. The number of hydrogen-bond acceptors (Lipinski definition) is 6. The number of benzene rings is 2. The Balaban J connectivity index is 1.52. The van der Waals surface area contributed by atoms with Crippen LogP contribution in [0.5, 0.6) is 0 Å². The van der Waals surface area contributed by atoms with E-state index in [1.807, 2.05) is 85.1 Å². The predicted octanol–water partition coefficient (Wildman–Crippen LogP) is 4.27. The summed E-state index contributed by atoms with van der Waals surface area (Å²) in [4.78, 5) is 16.4. The topological polar surface area (TPSA) is 85.1 Å². The SMILES string of the molecule is C/C(=N\NC(=O)CSc1nnc(-c2ccc(C)cc2)n1-c1ccccc1)c1ccncc1. The molecule has 0 radical (unpaired) electrons. The Kier molecular flexibility index (Phi) is 6.72. The molecule has 0 atom stereocenters. The lowest BCUT2D eigenvalue weighted by atomic mass is 10.1. The van der Waals surface area contributed by atoms with Crippen LogP contribution in [-0.4, -0.2) is 37.1 Å². The first-order valence-corrected chi connectivity index (χ1v) is 11.0. The van der Waals surface area contributed by atoms with E-state index in [1.165, 1.54) is 17.3 Å². The van der Waals surface area contributed by atoms with Crippen molar-refractivity contribution >= 4 is 23.4 Å². The highest BCUT2D eigenvalue weighted by Gasteiger charge is 2.17. The van der Waals surface area contributed by atoms with Gasteiger partial charge in [0.25, 0.3) is 5.91 Å². The minimum atomic E-state index is -0.220. The highest BCUT2D eigenvalue weighted by atomic mass is 32.2. The van der Waals surface area contributed by atoms with E-state index >= 15 is 0 Å². The van der Waals surface area contributed by atoms with Gasteiger partial charge >= 0.3 is 0 Å². The fraction of sp³-hybridized carbons (Fsp3) is 0.125. The summed E-state index contributed by atoms with van der Waals surface area (Å²) in [5, 5.41) is 13.6. The molecule has 0 aliphatic rings. The van der Waals surface area contributed by atoms with Gasteiger partial charge in [0.15, 0.2) is 11.0 Å². The lowest BCUT2D eigenvalue weighted by Crippen LogP contribution is -2.21. The molecule has 32 heavy (non-hydrogen) atoms. The van der Waals surface area contributed by atoms with Gasteiger partial charge in [-0.05, 0) is 38.1 Å². The maximum absolute atomic E-state index is 12.4. The number of para-hydroxylation sites is 1. The third-order valence-electron chi connectivity index (χ3n) is 4.74. The van der Waals surface area contributed by atoms with E-state index in [1.54, 1.807) is 12.4 Å². The van der Waals surface area contributed by atoms with Gasteiger partial charge in [-0.3, -0.25) is 14.3 Å². The minimum absolute atomic E-state index is 0.159. The Labute approximate surface area is 190 Å². The molecule has 4 aromatic rings. The molecule has 0 unspecified atom stereocenters. The molecular weight excluding hydrogens is 420 g/mol. The van der Waals surface area contributed by atoms with Gasteiger partial charge in [0.1, 0.15) is 0 Å². The van der Waals surface area contributed by atoms with Crippen LogP contribution >= 0.6 is 11.8 Å². The third-order valence-corrected chi connectivity index (χ3v) is 5.67. The zero-order valence-electron chi connectivity index (χ0n) is 17.8. The van der Waals surface area contributed by atoms with Crippen molar-refractivity contribution in [3.63, 3.8) is 0 Å². The van der Waals surface area contributed by atoms with Crippen LogP contribution in [0, 0.1) is 6.92 Å². The average molecular weight is 443 g/mol. The molecular formula is C24H22N6OS. The summed E-state index contributed by atoms with van der Waals surface area (Å²) < 4.78 is 1.97. The number of carbonyl (C=O) groups is 1. The van der Waals surface area contributed by atoms with Gasteiger partial charge in [-0.25, -0.2) is 5.43 Å². The zero-order chi connectivity index (χ0) is 22.3. The van der Waals surface area contributed by atoms with E-state index in [9.17, 15) is 4.79 Å². The predicted molar refractivity (Wildman–Crippen MR) is 127 cm³/mol. The van der Waals surface area contributed by atoms with Crippen LogP contribution in [0.2, 0.25) is 0 Å². The molecule has 2 aromatic carbocycles. The third kappa shape index (κ3) is 5.09. The van der Waals surface area contributed by atoms with E-state index in [4.69, 9.17) is 0 Å². The number of thioether (sulfide) groups is 1. The summed E-state index contributed by atoms with van der Waals surface area (Å²) in [7, 11) is 0. The number of pyridine rings is 1. The highest BCUT2D eigenvalue weighted by molar-refractivity contribution is 7.99. The highest BCUT2D eigenvalue weighted by Crippen LogP contribution is 2.28. The first-order chi connectivity index (χ1) is 15.6. The molecule has 1 amide bonds. The number of aryl methyl sites for hydroxylation is 1. The molecule has 0 aliphatic carbocycles. The van der Waals surface area contributed by atoms with Crippen molar-refractivity contribution in [2.75, 3.05) is 5.75 Å². The van der Waals surface area contributed by atoms with E-state index in [0.29, 0.717) is 10.9 Å². The second-order valence-corrected chi connectivity index (χ2v) is 8.04. The molecule has 8 heteroatoms. The van der Waals surface area contributed by atoms with Crippen LogP contribution in [0.4, 0.5) is 0 Å². The number of nitrogens with one attached hydrogen (secondary N) is 1. The molecule has 0 fully saturated rings. The van der Waals surface area contributed by atoms with E-state index in [-0.39, 0.29) is 11.7 Å². The van der Waals surface area contributed by atoms with Gasteiger partial charge in [0.05, 0.1) is 11.5 Å². The van der Waals surface area contributed by atoms with E-state index in [2.05, 4.69) is 25.7 Å². The van der Waals surface area contributed by atoms with Crippen molar-refractivity contribution in [1.82, 2.24) is 25.2 Å². The molecule has 2 heterocycles. The monoisotopic (exact) mass is 442 g/mol. The van der Waals surface area contributed by atoms with Crippen molar-refractivity contribution in [2.24, 2.45) is 5.10 Å². The van der Waals surface area contributed by atoms with Crippen LogP contribution in [0.15, 0.2) is 89.4 Å². The fourth-order valence-corrected chi connectivity index (χ4v) is 3.77. The van der Waals surface area contributed by atoms with E-state index < -0.39 is 0 Å². The molecule has 4 rings (SSSR count). The fourth-order valence-electron chi connectivity index (χ4n) is 3.03. The van der Waals surface area contributed by atoms with Gasteiger partial charge in [-0.1, -0.05) is 59.8 Å². The molecule has 0 saturated carbocycles. The summed E-state index contributed by atoms with van der Waals surface area (Å²) in [6.07, 6.45) is 3.38. The van der Waals surface area contributed by atoms with Crippen LogP contribution in [-0.2, 0) is 4.79 Å². The van der Waals surface area contributed by atoms with Crippen molar-refractivity contribution in [2.45, 2.75) is 19.0 Å². The standard InChI is InChI=1S/C24H22N6OS/c1-17-8-10-20(11-9-17)23-28-29-24(30(23)21-6-4-3-5-7-21)32-16-22(31)27-26-18(2)19-12-14-25-15-13-19/h3-15H,16H2,1-2H3,(H,27,31)/b26-18+. The van der Waals surface area contributed by atoms with Crippen molar-refractivity contribution in [1.29, 1.82) is 0 Å². The van der Waals surface area contributed by atoms with Crippen LogP contribution in [0.1, 0.15) is 18.1 Å². The Morgan fingerprint density at radius 1 is 1.00 bits per heavy atom. The van der Waals surface area contributed by atoms with E-state index in [0.717, 1.165) is 22.6 Å². The second kappa shape index (κ2) is 10.0. The smallest absolute Gasteiger partial charge is 0.250 e. The van der Waals surface area contributed by atoms with Gasteiger partial charge < -0.3 is 0 Å². The Bertz CT molecular complexity index is 1220. The van der Waals surface area contributed by atoms with Crippen molar-refractivity contribution < 1.29 is 4.79 Å².